The molecule has 0 aromatic heterocycles. The largest absolute Gasteiger partial charge is 0.378 e. The van der Waals surface area contributed by atoms with Crippen molar-refractivity contribution in [2.75, 3.05) is 45.7 Å². The highest BCUT2D eigenvalue weighted by molar-refractivity contribution is 5.85. The summed E-state index contributed by atoms with van der Waals surface area (Å²) in [4.78, 5) is 15.6. The summed E-state index contributed by atoms with van der Waals surface area (Å²) in [5.74, 6) is 0.962. The van der Waals surface area contributed by atoms with Crippen molar-refractivity contribution >= 4 is 23.4 Å². The molecule has 3 aliphatic heterocycles. The third-order valence-corrected chi connectivity index (χ3v) is 5.98. The molecule has 166 valence electrons. The lowest BCUT2D eigenvalue weighted by molar-refractivity contribution is 0.0247. The van der Waals surface area contributed by atoms with Gasteiger partial charge in [0.1, 0.15) is 6.10 Å². The zero-order valence-electron chi connectivity index (χ0n) is 19.1. The molecule has 0 N–H and O–H groups in total. The molecular weight excluding hydrogens is 398 g/mol. The normalized spacial score (nSPS) is 23.0. The van der Waals surface area contributed by atoms with Crippen LogP contribution in [0.5, 0.6) is 0 Å². The lowest BCUT2D eigenvalue weighted by atomic mass is 10.0. The summed E-state index contributed by atoms with van der Waals surface area (Å²) >= 11 is 0. The number of hydrogen-bond acceptors (Lipinski definition) is 6. The van der Waals surface area contributed by atoms with E-state index in [-0.39, 0.29) is 12.0 Å². The second kappa shape index (κ2) is 9.40. The number of nitrogens with zero attached hydrogens (tertiary/aromatic N) is 5. The summed E-state index contributed by atoms with van der Waals surface area (Å²) < 4.78 is 6.11. The van der Waals surface area contributed by atoms with Gasteiger partial charge < -0.3 is 19.4 Å². The zero-order chi connectivity index (χ0) is 22.7. The fourth-order valence-electron chi connectivity index (χ4n) is 3.95. The van der Waals surface area contributed by atoms with Crippen LogP contribution < -0.4 is 4.90 Å². The highest BCUT2D eigenvalue weighted by Crippen LogP contribution is 2.28. The summed E-state index contributed by atoms with van der Waals surface area (Å²) in [5.41, 5.74) is 5.12. The van der Waals surface area contributed by atoms with Crippen molar-refractivity contribution in [3.63, 3.8) is 0 Å². The van der Waals surface area contributed by atoms with Crippen LogP contribution in [-0.4, -0.2) is 68.9 Å². The van der Waals surface area contributed by atoms with Crippen molar-refractivity contribution < 1.29 is 4.74 Å². The first-order valence-corrected chi connectivity index (χ1v) is 10.9. The Morgan fingerprint density at radius 3 is 2.72 bits per heavy atom. The number of likely N-dealkylation sites (N-methyl/N-ethyl adjacent to an activating group) is 1. The smallest absolute Gasteiger partial charge is 0.206 e. The Kier molecular flexibility index (Phi) is 6.42. The van der Waals surface area contributed by atoms with E-state index in [2.05, 4.69) is 58.3 Å². The third-order valence-electron chi connectivity index (χ3n) is 5.98. The minimum absolute atomic E-state index is 0.0694. The van der Waals surface area contributed by atoms with E-state index in [1.807, 2.05) is 50.5 Å². The average molecular weight is 430 g/mol. The van der Waals surface area contributed by atoms with Gasteiger partial charge in [0.15, 0.2) is 0 Å². The van der Waals surface area contributed by atoms with Gasteiger partial charge in [0.05, 0.1) is 18.8 Å². The fourth-order valence-corrected chi connectivity index (χ4v) is 3.95. The molecule has 6 heteroatoms. The summed E-state index contributed by atoms with van der Waals surface area (Å²) in [6.45, 7) is 10.7. The van der Waals surface area contributed by atoms with E-state index in [1.54, 1.807) is 6.21 Å². The van der Waals surface area contributed by atoms with Gasteiger partial charge in [-0.2, -0.15) is 0 Å². The van der Waals surface area contributed by atoms with E-state index < -0.39 is 0 Å². The molecular formula is C26H31N5O. The summed E-state index contributed by atoms with van der Waals surface area (Å²) in [6.07, 6.45) is 11.6. The Hall–Kier alpha value is -3.38. The maximum Gasteiger partial charge on any atom is 0.206 e. The van der Waals surface area contributed by atoms with E-state index in [1.165, 1.54) is 0 Å². The van der Waals surface area contributed by atoms with E-state index in [9.17, 15) is 0 Å². The van der Waals surface area contributed by atoms with Crippen LogP contribution in [0.25, 0.3) is 5.57 Å². The Morgan fingerprint density at radius 1 is 1.19 bits per heavy atom. The quantitative estimate of drug-likeness (QED) is 0.727. The molecule has 0 radical (unpaired) electrons. The number of benzene rings is 1. The van der Waals surface area contributed by atoms with Crippen molar-refractivity contribution in [1.29, 1.82) is 0 Å². The van der Waals surface area contributed by atoms with Gasteiger partial charge in [0.25, 0.3) is 0 Å². The van der Waals surface area contributed by atoms with Gasteiger partial charge in [-0.3, -0.25) is 4.99 Å². The van der Waals surface area contributed by atoms with Crippen LogP contribution in [0.2, 0.25) is 0 Å². The molecule has 0 aliphatic carbocycles. The van der Waals surface area contributed by atoms with Gasteiger partial charge in [-0.05, 0) is 35.4 Å². The van der Waals surface area contributed by atoms with Crippen LogP contribution in [0.3, 0.4) is 0 Å². The third kappa shape index (κ3) is 4.60. The van der Waals surface area contributed by atoms with Crippen LogP contribution >= 0.6 is 0 Å². The molecule has 2 unspecified atom stereocenters. The molecule has 0 saturated carbocycles. The van der Waals surface area contributed by atoms with Crippen LogP contribution in [-0.2, 0) is 4.74 Å². The minimum Gasteiger partial charge on any atom is -0.378 e. The molecule has 1 aromatic carbocycles. The Labute approximate surface area is 190 Å². The second-order valence-corrected chi connectivity index (χ2v) is 8.35. The number of ether oxygens (including phenoxy) is 1. The van der Waals surface area contributed by atoms with Crippen molar-refractivity contribution in [1.82, 2.24) is 9.80 Å². The first-order valence-electron chi connectivity index (χ1n) is 10.9. The minimum atomic E-state index is -0.0984. The Bertz CT molecular complexity index is 1010. The maximum atomic E-state index is 6.11. The first-order chi connectivity index (χ1) is 15.4. The van der Waals surface area contributed by atoms with Gasteiger partial charge >= 0.3 is 0 Å². The molecule has 0 bridgehead atoms. The lowest BCUT2D eigenvalue weighted by Gasteiger charge is -2.40. The monoisotopic (exact) mass is 429 g/mol. The predicted octanol–water partition coefficient (Wildman–Crippen LogP) is 3.94. The topological polar surface area (TPSA) is 43.7 Å². The molecule has 6 nitrogen and oxygen atoms in total. The zero-order valence-corrected chi connectivity index (χ0v) is 19.1. The number of aliphatic imine (C=N–C) groups is 2. The van der Waals surface area contributed by atoms with Gasteiger partial charge in [0, 0.05) is 57.4 Å². The number of guanidine groups is 1. The van der Waals surface area contributed by atoms with Crippen LogP contribution in [0.15, 0.2) is 89.3 Å². The van der Waals surface area contributed by atoms with Gasteiger partial charge in [0.2, 0.25) is 5.96 Å². The van der Waals surface area contributed by atoms with Crippen molar-refractivity contribution in [2.45, 2.75) is 6.10 Å². The highest BCUT2D eigenvalue weighted by atomic mass is 16.5. The van der Waals surface area contributed by atoms with Crippen molar-refractivity contribution in [2.24, 2.45) is 15.9 Å². The number of morpholine rings is 1. The van der Waals surface area contributed by atoms with E-state index in [0.717, 1.165) is 40.7 Å². The molecule has 2 atom stereocenters. The van der Waals surface area contributed by atoms with Crippen LogP contribution in [0.4, 0.5) is 5.69 Å². The lowest BCUT2D eigenvalue weighted by Crippen LogP contribution is -2.51. The summed E-state index contributed by atoms with van der Waals surface area (Å²) in [5, 5.41) is 0. The number of rotatable bonds is 4. The van der Waals surface area contributed by atoms with Crippen LogP contribution in [0, 0.1) is 5.92 Å². The predicted molar refractivity (Wildman–Crippen MR) is 134 cm³/mol. The molecule has 3 heterocycles. The number of allylic oxidation sites excluding steroid dienone is 3. The first kappa shape index (κ1) is 21.8. The second-order valence-electron chi connectivity index (χ2n) is 8.35. The number of anilines is 1. The Morgan fingerprint density at radius 2 is 1.97 bits per heavy atom. The van der Waals surface area contributed by atoms with Gasteiger partial charge in [-0.1, -0.05) is 37.4 Å². The molecule has 1 saturated heterocycles. The molecule has 3 aliphatic rings. The molecule has 1 fully saturated rings. The van der Waals surface area contributed by atoms with Crippen LogP contribution in [0.1, 0.15) is 5.56 Å². The molecule has 0 amide bonds. The molecule has 4 rings (SSSR count). The highest BCUT2D eigenvalue weighted by Gasteiger charge is 2.30. The van der Waals surface area contributed by atoms with Gasteiger partial charge in [-0.25, -0.2) is 4.99 Å². The molecule has 1 aromatic rings. The Balaban J connectivity index is 1.53. The molecule has 0 spiro atoms. The van der Waals surface area contributed by atoms with E-state index in [0.29, 0.717) is 13.2 Å². The van der Waals surface area contributed by atoms with E-state index in [4.69, 9.17) is 9.73 Å². The SMILES string of the molecule is C=C(c1ccc(N(C)C)cc1)C1CN(C2=NC(C3C=CC=NC=C3)=CC(=C)N2C)CCO1. The van der Waals surface area contributed by atoms with Gasteiger partial charge in [-0.15, -0.1) is 0 Å². The number of hydrogen-bond donors (Lipinski definition) is 0. The fraction of sp³-hybridized carbons (Fsp3) is 0.308. The van der Waals surface area contributed by atoms with E-state index >= 15 is 0 Å². The van der Waals surface area contributed by atoms with Crippen molar-refractivity contribution in [3.05, 3.63) is 84.9 Å². The summed E-state index contributed by atoms with van der Waals surface area (Å²) in [6, 6.07) is 8.44. The average Bonchev–Trinajstić information content (AvgIpc) is 3.10. The molecule has 32 heavy (non-hydrogen) atoms. The summed E-state index contributed by atoms with van der Waals surface area (Å²) in [7, 11) is 6.09. The standard InChI is InChI=1S/C26H31N5O/c1-19-17-24(22-7-6-13-27-14-12-22)28-26(30(19)5)31-15-16-32-25(18-31)20(2)21-8-10-23(11-9-21)29(3)4/h6-14,17,22,25H,1-2,15-16,18H2,3-5H3. The maximum absolute atomic E-state index is 6.11. The van der Waals surface area contributed by atoms with Crippen molar-refractivity contribution in [3.8, 4) is 0 Å².